The minimum Gasteiger partial charge on any atom is -0.449 e. The predicted molar refractivity (Wildman–Crippen MR) is 169 cm³/mol. The molecule has 0 saturated heterocycles. The molecule has 3 amide bonds. The predicted octanol–water partition coefficient (Wildman–Crippen LogP) is 4.36. The smallest absolute Gasteiger partial charge is 0.407 e. The Morgan fingerprint density at radius 2 is 1.20 bits per heavy atom. The molecule has 0 fully saturated rings. The first-order valence-corrected chi connectivity index (χ1v) is 14.8. The molecule has 226 valence electrons. The average molecular weight is 592 g/mol. The summed E-state index contributed by atoms with van der Waals surface area (Å²) in [5.41, 5.74) is 6.24. The van der Waals surface area contributed by atoms with Crippen LogP contribution in [0.5, 0.6) is 0 Å². The van der Waals surface area contributed by atoms with Crippen LogP contribution in [-0.4, -0.2) is 54.4 Å². The van der Waals surface area contributed by atoms with Gasteiger partial charge in [-0.05, 0) is 46.7 Å². The maximum atomic E-state index is 13.4. The van der Waals surface area contributed by atoms with Gasteiger partial charge in [0.1, 0.15) is 18.7 Å². The van der Waals surface area contributed by atoms with Gasteiger partial charge in [-0.25, -0.2) is 4.79 Å². The Bertz CT molecular complexity index is 1530. The van der Waals surface area contributed by atoms with Crippen molar-refractivity contribution in [2.75, 3.05) is 13.2 Å². The van der Waals surface area contributed by atoms with Gasteiger partial charge in [-0.1, -0.05) is 109 Å². The van der Waals surface area contributed by atoms with Crippen LogP contribution in [0.2, 0.25) is 0 Å². The van der Waals surface area contributed by atoms with Crippen LogP contribution in [0, 0.1) is 0 Å². The van der Waals surface area contributed by atoms with Crippen LogP contribution in [0.15, 0.2) is 109 Å². The van der Waals surface area contributed by atoms with Gasteiger partial charge in [-0.15, -0.1) is 0 Å². The summed E-state index contributed by atoms with van der Waals surface area (Å²) in [6, 6.07) is 32.6. The molecule has 4 aromatic carbocycles. The van der Waals surface area contributed by atoms with Gasteiger partial charge >= 0.3 is 6.09 Å². The van der Waals surface area contributed by atoms with Crippen LogP contribution < -0.4 is 16.0 Å². The first-order chi connectivity index (χ1) is 21.4. The molecular formula is C36H37N3O5. The third-order valence-corrected chi connectivity index (χ3v) is 7.88. The summed E-state index contributed by atoms with van der Waals surface area (Å²) < 4.78 is 5.70. The van der Waals surface area contributed by atoms with E-state index in [1.165, 1.54) is 0 Å². The van der Waals surface area contributed by atoms with E-state index < -0.39 is 36.0 Å². The quantitative estimate of drug-likeness (QED) is 0.195. The van der Waals surface area contributed by atoms with E-state index in [-0.39, 0.29) is 25.6 Å². The first-order valence-electron chi connectivity index (χ1n) is 14.8. The second-order valence-corrected chi connectivity index (χ2v) is 11.0. The zero-order valence-electron chi connectivity index (χ0n) is 24.6. The van der Waals surface area contributed by atoms with Crippen molar-refractivity contribution in [3.8, 4) is 11.1 Å². The highest BCUT2D eigenvalue weighted by atomic mass is 16.5. The normalized spacial score (nSPS) is 14.0. The van der Waals surface area contributed by atoms with E-state index in [4.69, 9.17) is 4.74 Å². The maximum Gasteiger partial charge on any atom is 0.407 e. The van der Waals surface area contributed by atoms with Gasteiger partial charge in [-0.2, -0.15) is 0 Å². The summed E-state index contributed by atoms with van der Waals surface area (Å²) in [6.07, 6.45) is -0.0643. The molecule has 3 atom stereocenters. The number of carbonyl (C=O) groups excluding carboxylic acids is 3. The summed E-state index contributed by atoms with van der Waals surface area (Å²) in [4.78, 5) is 39.5. The van der Waals surface area contributed by atoms with Crippen molar-refractivity contribution in [2.45, 2.75) is 43.8 Å². The van der Waals surface area contributed by atoms with Crippen molar-refractivity contribution < 1.29 is 24.2 Å². The van der Waals surface area contributed by atoms with E-state index in [0.29, 0.717) is 6.42 Å². The number of carbonyl (C=O) groups is 3. The number of aliphatic hydroxyl groups is 1. The van der Waals surface area contributed by atoms with Crippen LogP contribution in [0.1, 0.15) is 35.1 Å². The molecule has 0 radical (unpaired) electrons. The number of ether oxygens (including phenoxy) is 1. The molecular weight excluding hydrogens is 554 g/mol. The molecule has 0 spiro atoms. The fourth-order valence-electron chi connectivity index (χ4n) is 5.61. The Kier molecular flexibility index (Phi) is 10.0. The van der Waals surface area contributed by atoms with E-state index in [0.717, 1.165) is 33.4 Å². The number of nitrogens with one attached hydrogen (secondary N) is 3. The van der Waals surface area contributed by atoms with E-state index in [2.05, 4.69) is 28.1 Å². The zero-order chi connectivity index (χ0) is 30.9. The second-order valence-electron chi connectivity index (χ2n) is 11.0. The highest BCUT2D eigenvalue weighted by Gasteiger charge is 2.30. The Hall–Kier alpha value is -4.95. The fraction of sp³-hybridized carbons (Fsp3) is 0.250. The number of hydrogen-bond donors (Lipinski definition) is 4. The van der Waals surface area contributed by atoms with Crippen LogP contribution in [0.25, 0.3) is 11.1 Å². The summed E-state index contributed by atoms with van der Waals surface area (Å²) >= 11 is 0. The average Bonchev–Trinajstić information content (AvgIpc) is 3.37. The zero-order valence-corrected chi connectivity index (χ0v) is 24.6. The van der Waals surface area contributed by atoms with Crippen molar-refractivity contribution in [3.63, 3.8) is 0 Å². The molecule has 44 heavy (non-hydrogen) atoms. The lowest BCUT2D eigenvalue weighted by Gasteiger charge is -2.23. The molecule has 4 aromatic rings. The maximum absolute atomic E-state index is 13.4. The summed E-state index contributed by atoms with van der Waals surface area (Å²) in [5.74, 6) is -1.07. The number of fused-ring (bicyclic) bond motifs is 3. The third-order valence-electron chi connectivity index (χ3n) is 7.88. The summed E-state index contributed by atoms with van der Waals surface area (Å²) in [6.45, 7) is 1.43. The standard InChI is InChI=1S/C36H37N3O5/c1-24(34(41)38-27(22-40)20-25-12-4-2-5-13-25)37-35(42)33(21-26-14-6-3-7-15-26)39-36(43)44-23-32-30-18-10-8-16-28(30)29-17-9-11-19-31(29)32/h2-19,24,27,32-33,40H,20-23H2,1H3,(H,37,42)(H,38,41)(H,39,43)/t24-,27-,33-/m0/s1. The molecule has 8 heteroatoms. The molecule has 0 heterocycles. The minimum absolute atomic E-state index is 0.113. The van der Waals surface area contributed by atoms with Crippen molar-refractivity contribution in [2.24, 2.45) is 0 Å². The highest BCUT2D eigenvalue weighted by molar-refractivity contribution is 5.91. The molecule has 0 bridgehead atoms. The largest absolute Gasteiger partial charge is 0.449 e. The van der Waals surface area contributed by atoms with E-state index >= 15 is 0 Å². The number of aliphatic hydroxyl groups excluding tert-OH is 1. The molecule has 1 aliphatic carbocycles. The molecule has 8 nitrogen and oxygen atoms in total. The minimum atomic E-state index is -0.985. The van der Waals surface area contributed by atoms with Gasteiger partial charge in [0.05, 0.1) is 12.6 Å². The van der Waals surface area contributed by atoms with Crippen LogP contribution >= 0.6 is 0 Å². The molecule has 0 aliphatic heterocycles. The van der Waals surface area contributed by atoms with Crippen LogP contribution in [0.4, 0.5) is 4.79 Å². The summed E-state index contributed by atoms with van der Waals surface area (Å²) in [5, 5.41) is 18.1. The molecule has 0 saturated carbocycles. The molecule has 5 rings (SSSR count). The van der Waals surface area contributed by atoms with Gasteiger partial charge < -0.3 is 25.8 Å². The number of amides is 3. The molecule has 4 N–H and O–H groups in total. The fourth-order valence-corrected chi connectivity index (χ4v) is 5.61. The lowest BCUT2D eigenvalue weighted by Crippen LogP contribution is -2.55. The van der Waals surface area contributed by atoms with Crippen molar-refractivity contribution in [3.05, 3.63) is 131 Å². The van der Waals surface area contributed by atoms with Crippen LogP contribution in [0.3, 0.4) is 0 Å². The number of hydrogen-bond acceptors (Lipinski definition) is 5. The van der Waals surface area contributed by atoms with Gasteiger partial charge in [0.15, 0.2) is 0 Å². The summed E-state index contributed by atoms with van der Waals surface area (Å²) in [7, 11) is 0. The van der Waals surface area contributed by atoms with Crippen LogP contribution in [-0.2, 0) is 27.2 Å². The van der Waals surface area contributed by atoms with E-state index in [1.807, 2.05) is 97.1 Å². The Morgan fingerprint density at radius 1 is 0.682 bits per heavy atom. The van der Waals surface area contributed by atoms with Gasteiger partial charge in [0, 0.05) is 12.3 Å². The number of benzene rings is 4. The monoisotopic (exact) mass is 591 g/mol. The highest BCUT2D eigenvalue weighted by Crippen LogP contribution is 2.44. The van der Waals surface area contributed by atoms with E-state index in [1.54, 1.807) is 6.92 Å². The van der Waals surface area contributed by atoms with Gasteiger partial charge in [0.25, 0.3) is 0 Å². The van der Waals surface area contributed by atoms with Gasteiger partial charge in [-0.3, -0.25) is 9.59 Å². The molecule has 0 aromatic heterocycles. The number of alkyl carbamates (subject to hydrolysis) is 1. The molecule has 0 unspecified atom stereocenters. The third kappa shape index (κ3) is 7.51. The lowest BCUT2D eigenvalue weighted by atomic mass is 9.98. The first kappa shape index (κ1) is 30.5. The van der Waals surface area contributed by atoms with Crippen molar-refractivity contribution in [1.82, 2.24) is 16.0 Å². The Balaban J connectivity index is 1.22. The SMILES string of the molecule is C[C@H](NC(=O)[C@H](Cc1ccccc1)NC(=O)OCC1c2ccccc2-c2ccccc21)C(=O)N[C@H](CO)Cc1ccccc1. The topological polar surface area (TPSA) is 117 Å². The lowest BCUT2D eigenvalue weighted by molar-refractivity contribution is -0.130. The Morgan fingerprint density at radius 3 is 1.77 bits per heavy atom. The number of rotatable bonds is 12. The molecule has 1 aliphatic rings. The Labute approximate surface area is 257 Å². The van der Waals surface area contributed by atoms with Crippen molar-refractivity contribution >= 4 is 17.9 Å². The van der Waals surface area contributed by atoms with Gasteiger partial charge in [0.2, 0.25) is 11.8 Å². The van der Waals surface area contributed by atoms with E-state index in [9.17, 15) is 19.5 Å². The van der Waals surface area contributed by atoms with Crippen molar-refractivity contribution in [1.29, 1.82) is 0 Å². The second kappa shape index (κ2) is 14.5.